The van der Waals surface area contributed by atoms with Gasteiger partial charge in [-0.1, -0.05) is 36.4 Å². The van der Waals surface area contributed by atoms with E-state index in [0.717, 1.165) is 10.6 Å². The Morgan fingerprint density at radius 1 is 1.18 bits per heavy atom. The molecule has 1 heterocycles. The van der Waals surface area contributed by atoms with Gasteiger partial charge >= 0.3 is 0 Å². The summed E-state index contributed by atoms with van der Waals surface area (Å²) >= 11 is 1.65. The lowest BCUT2D eigenvalue weighted by Crippen LogP contribution is -2.13. The molecule has 0 aliphatic heterocycles. The van der Waals surface area contributed by atoms with Crippen LogP contribution in [-0.4, -0.2) is 11.3 Å². The van der Waals surface area contributed by atoms with Gasteiger partial charge in [0.2, 0.25) is 0 Å². The number of aliphatic hydroxyl groups excluding tert-OH is 1. The molecular formula is C14H15NOS. The van der Waals surface area contributed by atoms with E-state index in [2.05, 4.69) is 29.6 Å². The van der Waals surface area contributed by atoms with Crippen LogP contribution in [0.15, 0.2) is 41.8 Å². The van der Waals surface area contributed by atoms with E-state index >= 15 is 0 Å². The molecule has 2 nitrogen and oxygen atoms in total. The van der Waals surface area contributed by atoms with E-state index in [0.29, 0.717) is 0 Å². The van der Waals surface area contributed by atoms with Crippen LogP contribution in [0, 0.1) is 0 Å². The van der Waals surface area contributed by atoms with Crippen LogP contribution in [0.1, 0.15) is 17.4 Å². The summed E-state index contributed by atoms with van der Waals surface area (Å²) in [6, 6.07) is 12.1. The zero-order valence-corrected chi connectivity index (χ0v) is 10.4. The van der Waals surface area contributed by atoms with E-state index in [1.165, 1.54) is 5.56 Å². The van der Waals surface area contributed by atoms with Gasteiger partial charge in [-0.25, -0.2) is 0 Å². The van der Waals surface area contributed by atoms with Crippen molar-refractivity contribution in [3.63, 3.8) is 0 Å². The van der Waals surface area contributed by atoms with Crippen molar-refractivity contribution in [2.75, 3.05) is 5.32 Å². The van der Waals surface area contributed by atoms with Gasteiger partial charge in [0.1, 0.15) is 6.23 Å². The number of anilines is 1. The smallest absolute Gasteiger partial charge is 0.121 e. The van der Waals surface area contributed by atoms with Crippen LogP contribution in [0.3, 0.4) is 0 Å². The average molecular weight is 245 g/mol. The zero-order chi connectivity index (χ0) is 12.1. The minimum atomic E-state index is -0.534. The normalized spacial score (nSPS) is 12.8. The van der Waals surface area contributed by atoms with Crippen molar-refractivity contribution in [3.8, 4) is 0 Å². The monoisotopic (exact) mass is 245 g/mol. The molecule has 0 aliphatic rings. The second kappa shape index (κ2) is 5.66. The second-order valence-electron chi connectivity index (χ2n) is 3.76. The van der Waals surface area contributed by atoms with Crippen LogP contribution in [0.2, 0.25) is 0 Å². The van der Waals surface area contributed by atoms with Crippen molar-refractivity contribution >= 4 is 29.2 Å². The maximum Gasteiger partial charge on any atom is 0.121 e. The van der Waals surface area contributed by atoms with E-state index in [-0.39, 0.29) is 0 Å². The van der Waals surface area contributed by atoms with Crippen LogP contribution < -0.4 is 5.32 Å². The maximum absolute atomic E-state index is 9.30. The van der Waals surface area contributed by atoms with Crippen molar-refractivity contribution in [1.29, 1.82) is 0 Å². The summed E-state index contributed by atoms with van der Waals surface area (Å²) in [5, 5.41) is 14.3. The van der Waals surface area contributed by atoms with Crippen LogP contribution >= 0.6 is 11.3 Å². The highest BCUT2D eigenvalue weighted by atomic mass is 32.1. The van der Waals surface area contributed by atoms with E-state index in [1.807, 2.05) is 29.6 Å². The van der Waals surface area contributed by atoms with E-state index in [9.17, 15) is 5.11 Å². The van der Waals surface area contributed by atoms with Crippen molar-refractivity contribution in [3.05, 3.63) is 52.2 Å². The van der Waals surface area contributed by atoms with Crippen LogP contribution in [0.25, 0.3) is 12.2 Å². The number of nitrogens with one attached hydrogen (secondary N) is 1. The fraction of sp³-hybridized carbons (Fsp3) is 0.143. The lowest BCUT2D eigenvalue weighted by molar-refractivity contribution is 0.224. The third kappa shape index (κ3) is 3.44. The van der Waals surface area contributed by atoms with Gasteiger partial charge in [-0.2, -0.15) is 0 Å². The molecule has 0 spiro atoms. The standard InChI is InChI=1S/C14H15NOS/c1-11(16)15-13-9-10-17-14(13)8-7-12-5-3-2-4-6-12/h2-11,15-16H,1H3. The first-order valence-corrected chi connectivity index (χ1v) is 6.39. The van der Waals surface area contributed by atoms with Gasteiger partial charge in [0, 0.05) is 0 Å². The predicted molar refractivity (Wildman–Crippen MR) is 75.0 cm³/mol. The van der Waals surface area contributed by atoms with E-state index in [1.54, 1.807) is 18.3 Å². The lowest BCUT2D eigenvalue weighted by Gasteiger charge is -2.07. The van der Waals surface area contributed by atoms with Crippen molar-refractivity contribution < 1.29 is 5.11 Å². The number of rotatable bonds is 4. The molecule has 0 fully saturated rings. The molecular weight excluding hydrogens is 230 g/mol. The molecule has 0 saturated heterocycles. The summed E-state index contributed by atoms with van der Waals surface area (Å²) in [6.45, 7) is 1.71. The Balaban J connectivity index is 2.13. The largest absolute Gasteiger partial charge is 0.374 e. The number of aliphatic hydroxyl groups is 1. The molecule has 0 aliphatic carbocycles. The first-order chi connectivity index (χ1) is 8.25. The highest BCUT2D eigenvalue weighted by molar-refractivity contribution is 7.11. The van der Waals surface area contributed by atoms with Crippen LogP contribution in [0.5, 0.6) is 0 Å². The highest BCUT2D eigenvalue weighted by Gasteiger charge is 2.02. The first-order valence-electron chi connectivity index (χ1n) is 5.51. The molecule has 1 aromatic heterocycles. The van der Waals surface area contributed by atoms with E-state index < -0.39 is 6.23 Å². The summed E-state index contributed by atoms with van der Waals surface area (Å²) in [4.78, 5) is 1.12. The molecule has 1 unspecified atom stereocenters. The Kier molecular flexibility index (Phi) is 3.96. The summed E-state index contributed by atoms with van der Waals surface area (Å²) in [5.41, 5.74) is 2.14. The number of thiophene rings is 1. The predicted octanol–water partition coefficient (Wildman–Crippen LogP) is 3.67. The number of benzene rings is 1. The first kappa shape index (κ1) is 11.9. The van der Waals surface area contributed by atoms with Crippen molar-refractivity contribution in [2.45, 2.75) is 13.2 Å². The Morgan fingerprint density at radius 3 is 2.65 bits per heavy atom. The molecule has 2 rings (SSSR count). The minimum Gasteiger partial charge on any atom is -0.374 e. The lowest BCUT2D eigenvalue weighted by atomic mass is 10.2. The average Bonchev–Trinajstić information content (AvgIpc) is 2.74. The molecule has 2 N–H and O–H groups in total. The Bertz CT molecular complexity index is 488. The molecule has 0 saturated carbocycles. The van der Waals surface area contributed by atoms with Gasteiger partial charge in [-0.15, -0.1) is 11.3 Å². The second-order valence-corrected chi connectivity index (χ2v) is 4.71. The van der Waals surface area contributed by atoms with Gasteiger partial charge < -0.3 is 10.4 Å². The molecule has 1 aromatic carbocycles. The highest BCUT2D eigenvalue weighted by Crippen LogP contribution is 2.25. The quantitative estimate of drug-likeness (QED) is 0.806. The summed E-state index contributed by atoms with van der Waals surface area (Å²) in [6.07, 6.45) is 3.59. The van der Waals surface area contributed by atoms with Gasteiger partial charge in [-0.05, 0) is 30.0 Å². The fourth-order valence-corrected chi connectivity index (χ4v) is 2.28. The summed E-state index contributed by atoms with van der Waals surface area (Å²) < 4.78 is 0. The summed E-state index contributed by atoms with van der Waals surface area (Å²) in [5.74, 6) is 0. The van der Waals surface area contributed by atoms with Gasteiger partial charge in [0.25, 0.3) is 0 Å². The van der Waals surface area contributed by atoms with Crippen LogP contribution in [-0.2, 0) is 0 Å². The van der Waals surface area contributed by atoms with Crippen LogP contribution in [0.4, 0.5) is 5.69 Å². The Morgan fingerprint density at radius 2 is 1.94 bits per heavy atom. The SMILES string of the molecule is CC(O)Nc1ccsc1C=Cc1ccccc1. The third-order valence-corrected chi connectivity index (χ3v) is 3.17. The minimum absolute atomic E-state index is 0.534. The van der Waals surface area contributed by atoms with Crippen molar-refractivity contribution in [2.24, 2.45) is 0 Å². The van der Waals surface area contributed by atoms with E-state index in [4.69, 9.17) is 0 Å². The molecule has 88 valence electrons. The summed E-state index contributed by atoms with van der Waals surface area (Å²) in [7, 11) is 0. The molecule has 2 aromatic rings. The number of hydrogen-bond donors (Lipinski definition) is 2. The third-order valence-electron chi connectivity index (χ3n) is 2.29. The maximum atomic E-state index is 9.30. The van der Waals surface area contributed by atoms with Crippen molar-refractivity contribution in [1.82, 2.24) is 0 Å². The van der Waals surface area contributed by atoms with Gasteiger partial charge in [-0.3, -0.25) is 0 Å². The fourth-order valence-electron chi connectivity index (χ4n) is 1.53. The molecule has 0 bridgehead atoms. The molecule has 17 heavy (non-hydrogen) atoms. The number of hydrogen-bond acceptors (Lipinski definition) is 3. The van der Waals surface area contributed by atoms with Gasteiger partial charge in [0.05, 0.1) is 10.6 Å². The molecule has 3 heteroatoms. The Hall–Kier alpha value is -1.58. The molecule has 0 radical (unpaired) electrons. The molecule has 1 atom stereocenters. The Labute approximate surface area is 105 Å². The van der Waals surface area contributed by atoms with Gasteiger partial charge in [0.15, 0.2) is 0 Å². The molecule has 0 amide bonds. The topological polar surface area (TPSA) is 32.3 Å². The zero-order valence-electron chi connectivity index (χ0n) is 9.63.